The van der Waals surface area contributed by atoms with Gasteiger partial charge in [-0.25, -0.2) is 0 Å². The summed E-state index contributed by atoms with van der Waals surface area (Å²) in [6.45, 7) is 6.14. The second kappa shape index (κ2) is 9.60. The molecule has 0 amide bonds. The van der Waals surface area contributed by atoms with Gasteiger partial charge in [0.25, 0.3) is 0 Å². The number of nitrogens with one attached hydrogen (secondary N) is 1. The van der Waals surface area contributed by atoms with Gasteiger partial charge in [-0.15, -0.1) is 0 Å². The van der Waals surface area contributed by atoms with Crippen LogP contribution in [0.2, 0.25) is 0 Å². The summed E-state index contributed by atoms with van der Waals surface area (Å²) in [6, 6.07) is -0.387. The summed E-state index contributed by atoms with van der Waals surface area (Å²) >= 11 is 0. The second-order valence-electron chi connectivity index (χ2n) is 4.07. The molecular weight excluding hydrogens is 206 g/mol. The van der Waals surface area contributed by atoms with Gasteiger partial charge in [-0.05, 0) is 19.3 Å². The number of aliphatic hydroxyl groups excluding tert-OH is 1. The van der Waals surface area contributed by atoms with Crippen molar-refractivity contribution in [1.29, 1.82) is 0 Å². The molecule has 0 rings (SSSR count). The van der Waals surface area contributed by atoms with E-state index in [2.05, 4.69) is 12.2 Å². The molecular formula is C12H25NO3. The maximum absolute atomic E-state index is 11.6. The van der Waals surface area contributed by atoms with E-state index in [4.69, 9.17) is 9.84 Å². The van der Waals surface area contributed by atoms with Gasteiger partial charge in [-0.2, -0.15) is 0 Å². The van der Waals surface area contributed by atoms with E-state index in [1.54, 1.807) is 6.92 Å². The van der Waals surface area contributed by atoms with Crippen molar-refractivity contribution in [2.45, 2.75) is 52.5 Å². The number of aliphatic hydroxyl groups is 1. The summed E-state index contributed by atoms with van der Waals surface area (Å²) in [5, 5.41) is 11.6. The van der Waals surface area contributed by atoms with Crippen LogP contribution in [0.5, 0.6) is 0 Å². The smallest absolute Gasteiger partial charge is 0.323 e. The minimum Gasteiger partial charge on any atom is -0.465 e. The van der Waals surface area contributed by atoms with E-state index >= 15 is 0 Å². The van der Waals surface area contributed by atoms with Crippen LogP contribution in [-0.2, 0) is 9.53 Å². The van der Waals surface area contributed by atoms with E-state index in [1.807, 2.05) is 6.92 Å². The molecule has 0 spiro atoms. The summed E-state index contributed by atoms with van der Waals surface area (Å²) in [5.41, 5.74) is 0. The molecule has 0 aromatic carbocycles. The molecule has 0 aromatic rings. The quantitative estimate of drug-likeness (QED) is 0.360. The lowest BCUT2D eigenvalue weighted by Gasteiger charge is -2.22. The van der Waals surface area contributed by atoms with Crippen LogP contribution in [0.1, 0.15) is 46.5 Å². The monoisotopic (exact) mass is 231 g/mol. The molecule has 4 heteroatoms. The van der Waals surface area contributed by atoms with Crippen LogP contribution in [0.4, 0.5) is 0 Å². The van der Waals surface area contributed by atoms with Gasteiger partial charge in [0.1, 0.15) is 6.04 Å². The van der Waals surface area contributed by atoms with E-state index < -0.39 is 0 Å². The standard InChI is InChI=1S/C12H25NO3/c1-4-6-7-8-10(3)11(13-9-14)12(15)16-5-2/h10-11,13-14H,4-9H2,1-3H3. The highest BCUT2D eigenvalue weighted by Crippen LogP contribution is 2.14. The number of hydrogen-bond acceptors (Lipinski definition) is 4. The molecule has 2 N–H and O–H groups in total. The number of esters is 1. The van der Waals surface area contributed by atoms with Crippen molar-refractivity contribution in [1.82, 2.24) is 5.32 Å². The van der Waals surface area contributed by atoms with Crippen LogP contribution in [0.3, 0.4) is 0 Å². The molecule has 4 nitrogen and oxygen atoms in total. The lowest BCUT2D eigenvalue weighted by Crippen LogP contribution is -2.43. The van der Waals surface area contributed by atoms with Gasteiger partial charge in [0.2, 0.25) is 0 Å². The Morgan fingerprint density at radius 3 is 2.56 bits per heavy atom. The Kier molecular flexibility index (Phi) is 9.24. The number of carbonyl (C=O) groups excluding carboxylic acids is 1. The second-order valence-corrected chi connectivity index (χ2v) is 4.07. The number of unbranched alkanes of at least 4 members (excludes halogenated alkanes) is 2. The average Bonchev–Trinajstić information content (AvgIpc) is 2.26. The Labute approximate surface area is 98.4 Å². The maximum Gasteiger partial charge on any atom is 0.323 e. The summed E-state index contributed by atoms with van der Waals surface area (Å²) in [4.78, 5) is 11.6. The molecule has 0 saturated heterocycles. The molecule has 0 aliphatic carbocycles. The third kappa shape index (κ3) is 6.08. The summed E-state index contributed by atoms with van der Waals surface area (Å²) in [6.07, 6.45) is 4.44. The minimum absolute atomic E-state index is 0.192. The molecule has 0 heterocycles. The number of rotatable bonds is 9. The van der Waals surface area contributed by atoms with E-state index in [0.29, 0.717) is 6.61 Å². The van der Waals surface area contributed by atoms with Gasteiger partial charge in [-0.1, -0.05) is 33.1 Å². The Morgan fingerprint density at radius 1 is 1.38 bits per heavy atom. The number of ether oxygens (including phenoxy) is 1. The van der Waals surface area contributed by atoms with Gasteiger partial charge in [0.15, 0.2) is 0 Å². The highest BCUT2D eigenvalue weighted by molar-refractivity contribution is 5.76. The van der Waals surface area contributed by atoms with Crippen LogP contribution < -0.4 is 5.32 Å². The summed E-state index contributed by atoms with van der Waals surface area (Å²) in [7, 11) is 0. The average molecular weight is 231 g/mol. The lowest BCUT2D eigenvalue weighted by molar-refractivity contribution is -0.147. The van der Waals surface area contributed by atoms with Gasteiger partial charge in [-0.3, -0.25) is 10.1 Å². The van der Waals surface area contributed by atoms with E-state index in [9.17, 15) is 4.79 Å². The van der Waals surface area contributed by atoms with Crippen LogP contribution in [0, 0.1) is 5.92 Å². The fourth-order valence-electron chi connectivity index (χ4n) is 1.73. The maximum atomic E-state index is 11.6. The van der Waals surface area contributed by atoms with Gasteiger partial charge in [0, 0.05) is 0 Å². The fraction of sp³-hybridized carbons (Fsp3) is 0.917. The topological polar surface area (TPSA) is 58.6 Å². The van der Waals surface area contributed by atoms with Crippen LogP contribution in [0.15, 0.2) is 0 Å². The largest absolute Gasteiger partial charge is 0.465 e. The van der Waals surface area contributed by atoms with Crippen molar-refractivity contribution >= 4 is 5.97 Å². The molecule has 96 valence electrons. The lowest BCUT2D eigenvalue weighted by atomic mass is 9.95. The molecule has 0 fully saturated rings. The Balaban J connectivity index is 4.11. The Hall–Kier alpha value is -0.610. The van der Waals surface area contributed by atoms with Gasteiger partial charge >= 0.3 is 5.97 Å². The SMILES string of the molecule is CCCCCC(C)C(NCO)C(=O)OCC. The van der Waals surface area contributed by atoms with Crippen molar-refractivity contribution in [2.75, 3.05) is 13.3 Å². The highest BCUT2D eigenvalue weighted by Gasteiger charge is 2.24. The predicted molar refractivity (Wildman–Crippen MR) is 63.9 cm³/mol. The first-order valence-electron chi connectivity index (χ1n) is 6.18. The number of carbonyl (C=O) groups is 1. The molecule has 0 aliphatic rings. The molecule has 0 radical (unpaired) electrons. The highest BCUT2D eigenvalue weighted by atomic mass is 16.5. The summed E-state index contributed by atoms with van der Waals surface area (Å²) in [5.74, 6) is -0.0710. The normalized spacial score (nSPS) is 14.5. The predicted octanol–water partition coefficient (Wildman–Crippen LogP) is 1.67. The number of hydrogen-bond donors (Lipinski definition) is 2. The molecule has 16 heavy (non-hydrogen) atoms. The van der Waals surface area contributed by atoms with E-state index in [-0.39, 0.29) is 24.7 Å². The van der Waals surface area contributed by atoms with Gasteiger partial charge < -0.3 is 9.84 Å². The third-order valence-electron chi connectivity index (χ3n) is 2.68. The minimum atomic E-state index is -0.387. The fourth-order valence-corrected chi connectivity index (χ4v) is 1.73. The van der Waals surface area contributed by atoms with Crippen molar-refractivity contribution in [2.24, 2.45) is 5.92 Å². The molecule has 2 unspecified atom stereocenters. The zero-order valence-corrected chi connectivity index (χ0v) is 10.7. The van der Waals surface area contributed by atoms with Crippen LogP contribution in [0.25, 0.3) is 0 Å². The van der Waals surface area contributed by atoms with Crippen molar-refractivity contribution in [3.05, 3.63) is 0 Å². The van der Waals surface area contributed by atoms with Crippen molar-refractivity contribution < 1.29 is 14.6 Å². The van der Waals surface area contributed by atoms with Crippen LogP contribution >= 0.6 is 0 Å². The zero-order chi connectivity index (χ0) is 12.4. The third-order valence-corrected chi connectivity index (χ3v) is 2.68. The van der Waals surface area contributed by atoms with Crippen LogP contribution in [-0.4, -0.2) is 30.5 Å². The Bertz CT molecular complexity index is 185. The summed E-state index contributed by atoms with van der Waals surface area (Å²) < 4.78 is 4.97. The first-order chi connectivity index (χ1) is 7.67. The Morgan fingerprint density at radius 2 is 2.06 bits per heavy atom. The molecule has 2 atom stereocenters. The van der Waals surface area contributed by atoms with E-state index in [0.717, 1.165) is 12.8 Å². The molecule has 0 aliphatic heterocycles. The molecule has 0 bridgehead atoms. The van der Waals surface area contributed by atoms with Crippen molar-refractivity contribution in [3.63, 3.8) is 0 Å². The first-order valence-corrected chi connectivity index (χ1v) is 6.18. The molecule has 0 aromatic heterocycles. The van der Waals surface area contributed by atoms with E-state index in [1.165, 1.54) is 12.8 Å². The zero-order valence-electron chi connectivity index (χ0n) is 10.7. The molecule has 0 saturated carbocycles. The first kappa shape index (κ1) is 15.4. The van der Waals surface area contributed by atoms with Crippen molar-refractivity contribution in [3.8, 4) is 0 Å². The van der Waals surface area contributed by atoms with Gasteiger partial charge in [0.05, 0.1) is 13.3 Å².